The molecule has 1 aromatic heterocycles. The number of aromatic nitrogens is 4. The van der Waals surface area contributed by atoms with Crippen molar-refractivity contribution >= 4 is 21.6 Å². The largest absolute Gasteiger partial charge is 0.398 e. The third-order valence-electron chi connectivity index (χ3n) is 3.08. The van der Waals surface area contributed by atoms with E-state index in [-0.39, 0.29) is 0 Å². The molecule has 5 nitrogen and oxygen atoms in total. The van der Waals surface area contributed by atoms with E-state index in [4.69, 9.17) is 5.73 Å². The summed E-state index contributed by atoms with van der Waals surface area (Å²) in [4.78, 5) is 0. The lowest BCUT2D eigenvalue weighted by Gasteiger charge is -2.10. The molecular formula is C14H12BrN5. The number of hydrogen-bond donors (Lipinski definition) is 1. The first-order valence-electron chi connectivity index (χ1n) is 6.07. The minimum absolute atomic E-state index is 0.632. The highest BCUT2D eigenvalue weighted by atomic mass is 79.9. The number of rotatable bonds is 2. The van der Waals surface area contributed by atoms with Crippen LogP contribution >= 0.6 is 15.9 Å². The molecule has 0 spiro atoms. The van der Waals surface area contributed by atoms with Crippen molar-refractivity contribution in [3.63, 3.8) is 0 Å². The lowest BCUT2D eigenvalue weighted by atomic mass is 10.1. The Morgan fingerprint density at radius 1 is 1.10 bits per heavy atom. The molecule has 6 heteroatoms. The number of hydrogen-bond acceptors (Lipinski definition) is 4. The van der Waals surface area contributed by atoms with Crippen molar-refractivity contribution in [2.75, 3.05) is 5.73 Å². The van der Waals surface area contributed by atoms with Crippen molar-refractivity contribution in [3.05, 3.63) is 52.5 Å². The van der Waals surface area contributed by atoms with E-state index >= 15 is 0 Å². The summed E-state index contributed by atoms with van der Waals surface area (Å²) in [6.07, 6.45) is 0. The summed E-state index contributed by atoms with van der Waals surface area (Å²) in [5, 5.41) is 12.0. The first-order valence-corrected chi connectivity index (χ1v) is 6.86. The highest BCUT2D eigenvalue weighted by Crippen LogP contribution is 2.30. The van der Waals surface area contributed by atoms with Gasteiger partial charge >= 0.3 is 0 Å². The zero-order chi connectivity index (χ0) is 14.1. The van der Waals surface area contributed by atoms with Crippen molar-refractivity contribution in [2.45, 2.75) is 6.92 Å². The summed E-state index contributed by atoms with van der Waals surface area (Å²) >= 11 is 3.51. The van der Waals surface area contributed by atoms with E-state index in [1.54, 1.807) is 4.68 Å². The smallest absolute Gasteiger partial charge is 0.189 e. The molecule has 0 fully saturated rings. The fourth-order valence-corrected chi connectivity index (χ4v) is 2.58. The third-order valence-corrected chi connectivity index (χ3v) is 3.75. The van der Waals surface area contributed by atoms with E-state index in [0.29, 0.717) is 11.5 Å². The molecule has 0 atom stereocenters. The lowest BCUT2D eigenvalue weighted by Crippen LogP contribution is -2.03. The topological polar surface area (TPSA) is 69.6 Å². The number of benzene rings is 2. The number of anilines is 1. The van der Waals surface area contributed by atoms with Gasteiger partial charge in [-0.3, -0.25) is 0 Å². The number of nitrogens with two attached hydrogens (primary N) is 1. The second kappa shape index (κ2) is 5.05. The molecule has 2 N–H and O–H groups in total. The van der Waals surface area contributed by atoms with Gasteiger partial charge in [-0.15, -0.1) is 5.10 Å². The van der Waals surface area contributed by atoms with E-state index in [2.05, 4.69) is 31.5 Å². The van der Waals surface area contributed by atoms with Crippen LogP contribution in [-0.2, 0) is 0 Å². The number of tetrazole rings is 1. The van der Waals surface area contributed by atoms with Gasteiger partial charge in [0.2, 0.25) is 0 Å². The minimum Gasteiger partial charge on any atom is -0.398 e. The summed E-state index contributed by atoms with van der Waals surface area (Å²) in [6, 6.07) is 13.5. The SMILES string of the molecule is Cc1cccc(N)c1-c1nnnn1-c1ccccc1Br. The van der Waals surface area contributed by atoms with Crippen molar-refractivity contribution < 1.29 is 0 Å². The number of nitrogens with zero attached hydrogens (tertiary/aromatic N) is 4. The van der Waals surface area contributed by atoms with Crippen LogP contribution in [0.3, 0.4) is 0 Å². The van der Waals surface area contributed by atoms with E-state index in [0.717, 1.165) is 21.3 Å². The van der Waals surface area contributed by atoms with E-state index < -0.39 is 0 Å². The zero-order valence-corrected chi connectivity index (χ0v) is 12.4. The molecule has 0 saturated heterocycles. The molecule has 0 unspecified atom stereocenters. The van der Waals surface area contributed by atoms with Crippen LogP contribution < -0.4 is 5.73 Å². The van der Waals surface area contributed by atoms with Gasteiger partial charge in [0.15, 0.2) is 5.82 Å². The van der Waals surface area contributed by atoms with Gasteiger partial charge in [0.25, 0.3) is 0 Å². The minimum atomic E-state index is 0.632. The summed E-state index contributed by atoms with van der Waals surface area (Å²) in [5.41, 5.74) is 9.50. The predicted molar refractivity (Wildman–Crippen MR) is 81.4 cm³/mol. The van der Waals surface area contributed by atoms with E-state index in [9.17, 15) is 0 Å². The van der Waals surface area contributed by atoms with Crippen LogP contribution in [0.25, 0.3) is 17.1 Å². The molecule has 20 heavy (non-hydrogen) atoms. The van der Waals surface area contributed by atoms with Crippen molar-refractivity contribution in [3.8, 4) is 17.1 Å². The van der Waals surface area contributed by atoms with Gasteiger partial charge in [0.1, 0.15) is 0 Å². The molecule has 0 aliphatic rings. The maximum Gasteiger partial charge on any atom is 0.189 e. The first-order chi connectivity index (χ1) is 9.68. The molecule has 2 aromatic carbocycles. The van der Waals surface area contributed by atoms with Gasteiger partial charge in [-0.05, 0) is 57.0 Å². The Morgan fingerprint density at radius 2 is 1.90 bits per heavy atom. The molecule has 0 bridgehead atoms. The lowest BCUT2D eigenvalue weighted by molar-refractivity contribution is 0.789. The van der Waals surface area contributed by atoms with Crippen LogP contribution in [0.1, 0.15) is 5.56 Å². The Kier molecular flexibility index (Phi) is 3.23. The maximum atomic E-state index is 6.08. The van der Waals surface area contributed by atoms with Gasteiger partial charge in [-0.1, -0.05) is 24.3 Å². The standard InChI is InChI=1S/C14H12BrN5/c1-9-5-4-7-11(16)13(9)14-17-18-19-20(14)12-8-3-2-6-10(12)15/h2-8H,16H2,1H3. The molecule has 0 amide bonds. The first kappa shape index (κ1) is 12.8. The van der Waals surface area contributed by atoms with Gasteiger partial charge in [0.05, 0.1) is 5.69 Å². The molecule has 0 aliphatic heterocycles. The normalized spacial score (nSPS) is 10.7. The number of para-hydroxylation sites is 1. The molecule has 0 aliphatic carbocycles. The number of nitrogen functional groups attached to an aromatic ring is 1. The second-order valence-electron chi connectivity index (χ2n) is 4.40. The Morgan fingerprint density at radius 3 is 2.65 bits per heavy atom. The van der Waals surface area contributed by atoms with Crippen LogP contribution in [0.2, 0.25) is 0 Å². The Hall–Kier alpha value is -2.21. The van der Waals surface area contributed by atoms with E-state index in [1.807, 2.05) is 49.4 Å². The quantitative estimate of drug-likeness (QED) is 0.734. The van der Waals surface area contributed by atoms with Crippen LogP contribution in [0.4, 0.5) is 5.69 Å². The van der Waals surface area contributed by atoms with Crippen molar-refractivity contribution in [1.82, 2.24) is 20.2 Å². The maximum absolute atomic E-state index is 6.08. The van der Waals surface area contributed by atoms with Gasteiger partial charge in [0, 0.05) is 15.7 Å². The molecule has 3 aromatic rings. The Bertz CT molecular complexity index is 746. The van der Waals surface area contributed by atoms with Crippen LogP contribution in [0, 0.1) is 6.92 Å². The average Bonchev–Trinajstić information content (AvgIpc) is 2.88. The summed E-state index contributed by atoms with van der Waals surface area (Å²) in [7, 11) is 0. The van der Waals surface area contributed by atoms with Gasteiger partial charge in [-0.25, -0.2) is 0 Å². The van der Waals surface area contributed by atoms with E-state index in [1.165, 1.54) is 0 Å². The molecular weight excluding hydrogens is 318 g/mol. The highest BCUT2D eigenvalue weighted by Gasteiger charge is 2.16. The zero-order valence-electron chi connectivity index (χ0n) is 10.8. The van der Waals surface area contributed by atoms with Crippen molar-refractivity contribution in [1.29, 1.82) is 0 Å². The predicted octanol–water partition coefficient (Wildman–Crippen LogP) is 2.98. The summed E-state index contributed by atoms with van der Waals surface area (Å²) in [6.45, 7) is 1.99. The summed E-state index contributed by atoms with van der Waals surface area (Å²) < 4.78 is 2.60. The molecule has 0 saturated carbocycles. The second-order valence-corrected chi connectivity index (χ2v) is 5.26. The molecule has 3 rings (SSSR count). The number of halogens is 1. The summed E-state index contributed by atoms with van der Waals surface area (Å²) in [5.74, 6) is 0.632. The monoisotopic (exact) mass is 329 g/mol. The van der Waals surface area contributed by atoms with Crippen LogP contribution in [0.15, 0.2) is 46.9 Å². The Balaban J connectivity index is 2.24. The van der Waals surface area contributed by atoms with Gasteiger partial charge in [-0.2, -0.15) is 4.68 Å². The molecule has 0 radical (unpaired) electrons. The van der Waals surface area contributed by atoms with Crippen LogP contribution in [-0.4, -0.2) is 20.2 Å². The van der Waals surface area contributed by atoms with Crippen molar-refractivity contribution in [2.24, 2.45) is 0 Å². The Labute approximate surface area is 124 Å². The highest BCUT2D eigenvalue weighted by molar-refractivity contribution is 9.10. The fraction of sp³-hybridized carbons (Fsp3) is 0.0714. The van der Waals surface area contributed by atoms with Crippen LogP contribution in [0.5, 0.6) is 0 Å². The van der Waals surface area contributed by atoms with Gasteiger partial charge < -0.3 is 5.73 Å². The molecule has 1 heterocycles. The number of aryl methyl sites for hydroxylation is 1. The molecule has 100 valence electrons. The fourth-order valence-electron chi connectivity index (χ4n) is 2.12. The third kappa shape index (κ3) is 2.08. The average molecular weight is 330 g/mol.